The van der Waals surface area contributed by atoms with Gasteiger partial charge in [-0.25, -0.2) is 8.78 Å². The van der Waals surface area contributed by atoms with Crippen LogP contribution in [-0.4, -0.2) is 56.3 Å². The molecule has 0 aromatic carbocycles. The van der Waals surface area contributed by atoms with E-state index >= 15 is 0 Å². The fourth-order valence-electron chi connectivity index (χ4n) is 2.02. The van der Waals surface area contributed by atoms with E-state index in [0.717, 1.165) is 26.2 Å². The number of ether oxygens (including phenoxy) is 1. The van der Waals surface area contributed by atoms with Crippen molar-refractivity contribution in [1.82, 2.24) is 10.2 Å². The maximum Gasteiger partial charge on any atom is 0.261 e. The van der Waals surface area contributed by atoms with Crippen LogP contribution in [0.1, 0.15) is 12.8 Å². The van der Waals surface area contributed by atoms with Gasteiger partial charge in [0.15, 0.2) is 0 Å². The summed E-state index contributed by atoms with van der Waals surface area (Å²) in [6, 6.07) is 0.468. The summed E-state index contributed by atoms with van der Waals surface area (Å²) in [5.41, 5.74) is 0. The lowest BCUT2D eigenvalue weighted by Crippen LogP contribution is -2.48. The molecule has 1 unspecified atom stereocenters. The zero-order valence-electron chi connectivity index (χ0n) is 9.01. The van der Waals surface area contributed by atoms with Crippen LogP contribution in [0.4, 0.5) is 8.78 Å². The summed E-state index contributed by atoms with van der Waals surface area (Å²) in [4.78, 5) is 2.20. The van der Waals surface area contributed by atoms with Crippen molar-refractivity contribution in [2.75, 3.05) is 33.4 Å². The van der Waals surface area contributed by atoms with Gasteiger partial charge in [-0.3, -0.25) is 4.90 Å². The van der Waals surface area contributed by atoms with Crippen LogP contribution in [0.15, 0.2) is 0 Å². The van der Waals surface area contributed by atoms with E-state index in [0.29, 0.717) is 6.04 Å². The molecular formula is C10H18F2N2O. The summed E-state index contributed by atoms with van der Waals surface area (Å²) in [5, 5.41) is 2.87. The van der Waals surface area contributed by atoms with Crippen molar-refractivity contribution in [3.05, 3.63) is 0 Å². The van der Waals surface area contributed by atoms with Gasteiger partial charge in [0.25, 0.3) is 5.92 Å². The fourth-order valence-corrected chi connectivity index (χ4v) is 2.02. The average Bonchev–Trinajstić information content (AvgIpc) is 2.39. The molecule has 2 fully saturated rings. The molecule has 2 aliphatic heterocycles. The molecule has 0 radical (unpaired) electrons. The van der Waals surface area contributed by atoms with Crippen LogP contribution in [-0.2, 0) is 4.74 Å². The summed E-state index contributed by atoms with van der Waals surface area (Å²) in [6.45, 7) is 2.27. The highest BCUT2D eigenvalue weighted by atomic mass is 19.3. The molecule has 2 heterocycles. The molecule has 15 heavy (non-hydrogen) atoms. The number of hydrogen-bond acceptors (Lipinski definition) is 3. The minimum Gasteiger partial charge on any atom is -0.378 e. The number of halogens is 2. The fraction of sp³-hybridized carbons (Fsp3) is 1.00. The SMILES string of the molecule is CN(CCC1CC(F)(F)CN1)C1COC1. The molecule has 5 heteroatoms. The third-order valence-electron chi connectivity index (χ3n) is 3.27. The van der Waals surface area contributed by atoms with E-state index in [9.17, 15) is 8.78 Å². The monoisotopic (exact) mass is 220 g/mol. The minimum absolute atomic E-state index is 0.0119. The zero-order valence-corrected chi connectivity index (χ0v) is 9.01. The highest BCUT2D eigenvalue weighted by molar-refractivity contribution is 4.88. The maximum absolute atomic E-state index is 12.9. The van der Waals surface area contributed by atoms with E-state index in [4.69, 9.17) is 4.74 Å². The lowest BCUT2D eigenvalue weighted by molar-refractivity contribution is -0.0568. The summed E-state index contributed by atoms with van der Waals surface area (Å²) in [7, 11) is 2.03. The van der Waals surface area contributed by atoms with Crippen LogP contribution in [0.3, 0.4) is 0 Å². The van der Waals surface area contributed by atoms with E-state index in [2.05, 4.69) is 10.2 Å². The maximum atomic E-state index is 12.9. The van der Waals surface area contributed by atoms with Crippen molar-refractivity contribution in [3.8, 4) is 0 Å². The number of nitrogens with one attached hydrogen (secondary N) is 1. The van der Waals surface area contributed by atoms with Gasteiger partial charge in [0, 0.05) is 12.5 Å². The van der Waals surface area contributed by atoms with Crippen molar-refractivity contribution in [2.45, 2.75) is 30.8 Å². The molecule has 1 atom stereocenters. The van der Waals surface area contributed by atoms with Gasteiger partial charge in [0.1, 0.15) is 0 Å². The zero-order chi connectivity index (χ0) is 10.9. The van der Waals surface area contributed by atoms with Crippen molar-refractivity contribution < 1.29 is 13.5 Å². The second-order valence-electron chi connectivity index (χ2n) is 4.60. The van der Waals surface area contributed by atoms with Crippen molar-refractivity contribution in [3.63, 3.8) is 0 Å². The smallest absolute Gasteiger partial charge is 0.261 e. The number of alkyl halides is 2. The average molecular weight is 220 g/mol. The molecule has 2 aliphatic rings. The van der Waals surface area contributed by atoms with Crippen LogP contribution in [0, 0.1) is 0 Å². The van der Waals surface area contributed by atoms with Crippen LogP contribution in [0.2, 0.25) is 0 Å². The van der Waals surface area contributed by atoms with Gasteiger partial charge < -0.3 is 10.1 Å². The molecule has 2 saturated heterocycles. The van der Waals surface area contributed by atoms with Gasteiger partial charge in [0.2, 0.25) is 0 Å². The Morgan fingerprint density at radius 2 is 2.20 bits per heavy atom. The summed E-state index contributed by atoms with van der Waals surface area (Å²) in [6.07, 6.45) is 0.782. The van der Waals surface area contributed by atoms with Gasteiger partial charge in [-0.15, -0.1) is 0 Å². The van der Waals surface area contributed by atoms with Gasteiger partial charge >= 0.3 is 0 Å². The molecule has 88 valence electrons. The predicted octanol–water partition coefficient (Wildman–Crippen LogP) is 0.704. The Morgan fingerprint density at radius 3 is 2.67 bits per heavy atom. The first kappa shape index (κ1) is 11.2. The number of hydrogen-bond donors (Lipinski definition) is 1. The standard InChI is InChI=1S/C10H18F2N2O/c1-14(9-5-15-6-9)3-2-8-4-10(11,12)7-13-8/h8-9,13H,2-7H2,1H3. The van der Waals surface area contributed by atoms with Crippen LogP contribution in [0.5, 0.6) is 0 Å². The quantitative estimate of drug-likeness (QED) is 0.755. The second kappa shape index (κ2) is 4.31. The first-order valence-corrected chi connectivity index (χ1v) is 5.46. The van der Waals surface area contributed by atoms with Gasteiger partial charge in [0.05, 0.1) is 25.8 Å². The first-order valence-electron chi connectivity index (χ1n) is 5.46. The molecule has 0 saturated carbocycles. The molecule has 3 nitrogen and oxygen atoms in total. The van der Waals surface area contributed by atoms with Crippen molar-refractivity contribution >= 4 is 0 Å². The molecular weight excluding hydrogens is 202 g/mol. The Hall–Kier alpha value is -0.260. The van der Waals surface area contributed by atoms with Gasteiger partial charge in [-0.05, 0) is 20.0 Å². The number of likely N-dealkylation sites (N-methyl/N-ethyl adjacent to an activating group) is 1. The van der Waals surface area contributed by atoms with Crippen LogP contribution >= 0.6 is 0 Å². The Balaban J connectivity index is 1.65. The number of nitrogens with zero attached hydrogens (tertiary/aromatic N) is 1. The number of rotatable bonds is 4. The third kappa shape index (κ3) is 2.86. The van der Waals surface area contributed by atoms with Crippen molar-refractivity contribution in [2.24, 2.45) is 0 Å². The Labute approximate surface area is 88.8 Å². The largest absolute Gasteiger partial charge is 0.378 e. The van der Waals surface area contributed by atoms with E-state index in [1.54, 1.807) is 0 Å². The predicted molar refractivity (Wildman–Crippen MR) is 53.2 cm³/mol. The van der Waals surface area contributed by atoms with Crippen LogP contribution < -0.4 is 5.32 Å². The summed E-state index contributed by atoms with van der Waals surface area (Å²) in [5.74, 6) is -2.50. The topological polar surface area (TPSA) is 24.5 Å². The normalized spacial score (nSPS) is 30.8. The molecule has 0 aromatic heterocycles. The molecule has 0 amide bonds. The molecule has 0 bridgehead atoms. The van der Waals surface area contributed by atoms with Gasteiger partial charge in [-0.2, -0.15) is 0 Å². The lowest BCUT2D eigenvalue weighted by atomic mass is 10.1. The lowest BCUT2D eigenvalue weighted by Gasteiger charge is -2.35. The Bertz CT molecular complexity index is 221. The molecule has 0 spiro atoms. The van der Waals surface area contributed by atoms with Crippen molar-refractivity contribution in [1.29, 1.82) is 0 Å². The summed E-state index contributed by atoms with van der Waals surface area (Å²) < 4.78 is 30.8. The molecule has 0 aliphatic carbocycles. The molecule has 0 aromatic rings. The summed E-state index contributed by atoms with van der Waals surface area (Å²) >= 11 is 0. The molecule has 2 rings (SSSR count). The minimum atomic E-state index is -2.50. The van der Waals surface area contributed by atoms with E-state index in [1.165, 1.54) is 0 Å². The van der Waals surface area contributed by atoms with E-state index in [1.807, 2.05) is 7.05 Å². The van der Waals surface area contributed by atoms with Gasteiger partial charge in [-0.1, -0.05) is 0 Å². The Morgan fingerprint density at radius 1 is 1.47 bits per heavy atom. The van der Waals surface area contributed by atoms with E-state index < -0.39 is 5.92 Å². The Kier molecular flexibility index (Phi) is 3.23. The van der Waals surface area contributed by atoms with E-state index in [-0.39, 0.29) is 19.0 Å². The molecule has 1 N–H and O–H groups in total. The third-order valence-corrected chi connectivity index (χ3v) is 3.27. The highest BCUT2D eigenvalue weighted by Crippen LogP contribution is 2.26. The first-order chi connectivity index (χ1) is 7.07. The highest BCUT2D eigenvalue weighted by Gasteiger charge is 2.39. The van der Waals surface area contributed by atoms with Crippen LogP contribution in [0.25, 0.3) is 0 Å². The second-order valence-corrected chi connectivity index (χ2v) is 4.60.